The van der Waals surface area contributed by atoms with Crippen LogP contribution in [-0.2, 0) is 4.79 Å². The molecule has 0 atom stereocenters. The third-order valence-electron chi connectivity index (χ3n) is 3.12. The van der Waals surface area contributed by atoms with Crippen molar-refractivity contribution in [3.63, 3.8) is 0 Å². The number of amides is 1. The van der Waals surface area contributed by atoms with Crippen molar-refractivity contribution in [3.05, 3.63) is 34.9 Å². The standard InChI is InChI=1S/C13H13ClN2O/c14-11-3-1-2-10(8-11)12-15-6-7-16(12)13(17)9-4-5-9/h1-3,8-9H,4-7H2. The smallest absolute Gasteiger partial charge is 0.231 e. The molecule has 3 rings (SSSR count). The van der Waals surface area contributed by atoms with Crippen LogP contribution in [-0.4, -0.2) is 29.7 Å². The highest BCUT2D eigenvalue weighted by atomic mass is 35.5. The third kappa shape index (κ3) is 2.07. The van der Waals surface area contributed by atoms with Crippen molar-refractivity contribution in [2.45, 2.75) is 12.8 Å². The Bertz CT molecular complexity index is 494. The lowest BCUT2D eigenvalue weighted by Gasteiger charge is -2.18. The largest absolute Gasteiger partial charge is 0.295 e. The van der Waals surface area contributed by atoms with Crippen molar-refractivity contribution in [1.29, 1.82) is 0 Å². The summed E-state index contributed by atoms with van der Waals surface area (Å²) in [5.41, 5.74) is 0.934. The summed E-state index contributed by atoms with van der Waals surface area (Å²) < 4.78 is 0. The van der Waals surface area contributed by atoms with Crippen LogP contribution in [0.1, 0.15) is 18.4 Å². The first-order chi connectivity index (χ1) is 8.25. The molecular formula is C13H13ClN2O. The van der Waals surface area contributed by atoms with Gasteiger partial charge in [-0.25, -0.2) is 0 Å². The van der Waals surface area contributed by atoms with E-state index in [1.807, 2.05) is 29.2 Å². The monoisotopic (exact) mass is 248 g/mol. The number of aliphatic imine (C=N–C) groups is 1. The number of carbonyl (C=O) groups excluding carboxylic acids is 1. The quantitative estimate of drug-likeness (QED) is 0.791. The molecule has 1 aliphatic carbocycles. The second kappa shape index (κ2) is 4.15. The molecule has 1 aromatic carbocycles. The van der Waals surface area contributed by atoms with Gasteiger partial charge in [-0.15, -0.1) is 0 Å². The molecule has 2 aliphatic rings. The topological polar surface area (TPSA) is 32.7 Å². The molecule has 0 bridgehead atoms. The van der Waals surface area contributed by atoms with Crippen molar-refractivity contribution in [3.8, 4) is 0 Å². The predicted octanol–water partition coefficient (Wildman–Crippen LogP) is 2.34. The number of halogens is 1. The van der Waals surface area contributed by atoms with E-state index in [0.29, 0.717) is 18.1 Å². The van der Waals surface area contributed by atoms with Crippen molar-refractivity contribution < 1.29 is 4.79 Å². The first-order valence-electron chi connectivity index (χ1n) is 5.87. The molecule has 1 amide bonds. The summed E-state index contributed by atoms with van der Waals surface area (Å²) in [6, 6.07) is 7.52. The van der Waals surface area contributed by atoms with E-state index in [0.717, 1.165) is 24.2 Å². The Morgan fingerprint density at radius 3 is 2.94 bits per heavy atom. The molecule has 0 radical (unpaired) electrons. The van der Waals surface area contributed by atoms with Crippen molar-refractivity contribution in [1.82, 2.24) is 4.90 Å². The molecule has 0 saturated heterocycles. The summed E-state index contributed by atoms with van der Waals surface area (Å²) in [4.78, 5) is 18.3. The van der Waals surface area contributed by atoms with Crippen LogP contribution in [0.3, 0.4) is 0 Å². The van der Waals surface area contributed by atoms with Gasteiger partial charge in [0, 0.05) is 23.0 Å². The van der Waals surface area contributed by atoms with Gasteiger partial charge >= 0.3 is 0 Å². The highest BCUT2D eigenvalue weighted by Gasteiger charge is 2.36. The van der Waals surface area contributed by atoms with E-state index < -0.39 is 0 Å². The van der Waals surface area contributed by atoms with Crippen LogP contribution in [0.15, 0.2) is 29.3 Å². The van der Waals surface area contributed by atoms with E-state index in [1.54, 1.807) is 0 Å². The Morgan fingerprint density at radius 2 is 2.24 bits per heavy atom. The second-order valence-corrected chi connectivity index (χ2v) is 4.92. The summed E-state index contributed by atoms with van der Waals surface area (Å²) in [6.07, 6.45) is 2.05. The Kier molecular flexibility index (Phi) is 2.63. The zero-order valence-corrected chi connectivity index (χ0v) is 10.2. The molecule has 1 aromatic rings. The van der Waals surface area contributed by atoms with Gasteiger partial charge in [0.25, 0.3) is 0 Å². The number of rotatable bonds is 2. The molecule has 1 heterocycles. The zero-order valence-electron chi connectivity index (χ0n) is 9.40. The van der Waals surface area contributed by atoms with Gasteiger partial charge < -0.3 is 0 Å². The van der Waals surface area contributed by atoms with E-state index >= 15 is 0 Å². The molecular weight excluding hydrogens is 236 g/mol. The van der Waals surface area contributed by atoms with Gasteiger partial charge in [-0.3, -0.25) is 14.7 Å². The van der Waals surface area contributed by atoms with Gasteiger partial charge in [-0.05, 0) is 25.0 Å². The number of nitrogens with zero attached hydrogens (tertiary/aromatic N) is 2. The Balaban J connectivity index is 1.88. The minimum absolute atomic E-state index is 0.223. The van der Waals surface area contributed by atoms with Gasteiger partial charge in [-0.2, -0.15) is 0 Å². The maximum absolute atomic E-state index is 12.1. The van der Waals surface area contributed by atoms with Crippen LogP contribution in [0.4, 0.5) is 0 Å². The maximum atomic E-state index is 12.1. The number of hydrogen-bond donors (Lipinski definition) is 0. The van der Waals surface area contributed by atoms with Crippen LogP contribution in [0, 0.1) is 5.92 Å². The number of carbonyl (C=O) groups is 1. The SMILES string of the molecule is O=C(C1CC1)N1CCN=C1c1cccc(Cl)c1. The average Bonchev–Trinajstić information content (AvgIpc) is 3.05. The fraction of sp³-hybridized carbons (Fsp3) is 0.385. The Hall–Kier alpha value is -1.35. The molecule has 1 aliphatic heterocycles. The minimum Gasteiger partial charge on any atom is -0.295 e. The van der Waals surface area contributed by atoms with Crippen molar-refractivity contribution >= 4 is 23.3 Å². The zero-order chi connectivity index (χ0) is 11.8. The molecule has 0 spiro atoms. The fourth-order valence-corrected chi connectivity index (χ4v) is 2.28. The number of amidine groups is 1. The molecule has 88 valence electrons. The van der Waals surface area contributed by atoms with Gasteiger partial charge in [0.05, 0.1) is 6.54 Å². The van der Waals surface area contributed by atoms with Gasteiger partial charge in [0.15, 0.2) is 0 Å². The van der Waals surface area contributed by atoms with Crippen LogP contribution in [0.5, 0.6) is 0 Å². The summed E-state index contributed by atoms with van der Waals surface area (Å²) in [5, 5.41) is 0.677. The number of hydrogen-bond acceptors (Lipinski definition) is 2. The molecule has 0 N–H and O–H groups in total. The number of benzene rings is 1. The van der Waals surface area contributed by atoms with Gasteiger partial charge in [0.1, 0.15) is 5.84 Å². The lowest BCUT2D eigenvalue weighted by atomic mass is 10.2. The Labute approximate surface area is 105 Å². The second-order valence-electron chi connectivity index (χ2n) is 4.48. The van der Waals surface area contributed by atoms with Crippen LogP contribution in [0.25, 0.3) is 0 Å². The van der Waals surface area contributed by atoms with E-state index in [1.165, 1.54) is 0 Å². The summed E-state index contributed by atoms with van der Waals surface area (Å²) in [6.45, 7) is 1.40. The van der Waals surface area contributed by atoms with Crippen LogP contribution < -0.4 is 0 Å². The van der Waals surface area contributed by atoms with E-state index in [4.69, 9.17) is 11.6 Å². The van der Waals surface area contributed by atoms with Crippen molar-refractivity contribution in [2.75, 3.05) is 13.1 Å². The van der Waals surface area contributed by atoms with E-state index in [2.05, 4.69) is 4.99 Å². The third-order valence-corrected chi connectivity index (χ3v) is 3.35. The lowest BCUT2D eigenvalue weighted by molar-refractivity contribution is -0.128. The highest BCUT2D eigenvalue weighted by molar-refractivity contribution is 6.31. The highest BCUT2D eigenvalue weighted by Crippen LogP contribution is 2.32. The maximum Gasteiger partial charge on any atom is 0.231 e. The lowest BCUT2D eigenvalue weighted by Crippen LogP contribution is -2.35. The first kappa shape index (κ1) is 10.8. The van der Waals surface area contributed by atoms with Gasteiger partial charge in [0.2, 0.25) is 5.91 Å². The summed E-state index contributed by atoms with van der Waals surface area (Å²) in [7, 11) is 0. The molecule has 4 heteroatoms. The fourth-order valence-electron chi connectivity index (χ4n) is 2.09. The van der Waals surface area contributed by atoms with Crippen LogP contribution >= 0.6 is 11.6 Å². The molecule has 1 saturated carbocycles. The first-order valence-corrected chi connectivity index (χ1v) is 6.25. The molecule has 0 aromatic heterocycles. The predicted molar refractivity (Wildman–Crippen MR) is 67.3 cm³/mol. The Morgan fingerprint density at radius 1 is 1.41 bits per heavy atom. The molecule has 3 nitrogen and oxygen atoms in total. The van der Waals surface area contributed by atoms with Gasteiger partial charge in [-0.1, -0.05) is 23.7 Å². The average molecular weight is 249 g/mol. The normalized spacial score (nSPS) is 19.4. The van der Waals surface area contributed by atoms with E-state index in [9.17, 15) is 4.79 Å². The van der Waals surface area contributed by atoms with Crippen LogP contribution in [0.2, 0.25) is 5.02 Å². The molecule has 1 fully saturated rings. The van der Waals surface area contributed by atoms with E-state index in [-0.39, 0.29) is 11.8 Å². The van der Waals surface area contributed by atoms with Crippen molar-refractivity contribution in [2.24, 2.45) is 10.9 Å². The molecule has 17 heavy (non-hydrogen) atoms. The molecule has 0 unspecified atom stereocenters. The summed E-state index contributed by atoms with van der Waals surface area (Å²) in [5.74, 6) is 1.24. The minimum atomic E-state index is 0.223. The summed E-state index contributed by atoms with van der Waals surface area (Å²) >= 11 is 5.97.